The summed E-state index contributed by atoms with van der Waals surface area (Å²) < 4.78 is 1.69. The molecule has 1 aliphatic rings. The third-order valence-electron chi connectivity index (χ3n) is 5.03. The molecule has 0 aliphatic carbocycles. The monoisotopic (exact) mass is 370 g/mol. The summed E-state index contributed by atoms with van der Waals surface area (Å²) in [6.45, 7) is 5.22. The van der Waals surface area contributed by atoms with Crippen molar-refractivity contribution in [3.05, 3.63) is 42.2 Å². The Balaban J connectivity index is 1.58. The van der Waals surface area contributed by atoms with Crippen molar-refractivity contribution in [3.63, 3.8) is 0 Å². The summed E-state index contributed by atoms with van der Waals surface area (Å²) in [4.78, 5) is 35.4. The summed E-state index contributed by atoms with van der Waals surface area (Å²) in [5, 5.41) is 7.23. The van der Waals surface area contributed by atoms with Crippen LogP contribution < -0.4 is 5.32 Å². The summed E-state index contributed by atoms with van der Waals surface area (Å²) in [6, 6.07) is 5.13. The van der Waals surface area contributed by atoms with Gasteiger partial charge in [-0.25, -0.2) is 4.98 Å². The maximum Gasteiger partial charge on any atom is 0.272 e. The van der Waals surface area contributed by atoms with Gasteiger partial charge in [-0.3, -0.25) is 19.3 Å². The first-order valence-electron chi connectivity index (χ1n) is 9.32. The molecular weight excluding hydrogens is 344 g/mol. The molecule has 1 atom stereocenters. The minimum absolute atomic E-state index is 0.0154. The van der Waals surface area contributed by atoms with Crippen LogP contribution >= 0.6 is 0 Å². The maximum absolute atomic E-state index is 12.8. The van der Waals surface area contributed by atoms with E-state index in [0.717, 1.165) is 5.82 Å². The second kappa shape index (κ2) is 8.28. The van der Waals surface area contributed by atoms with E-state index >= 15 is 0 Å². The number of rotatable bonds is 5. The molecule has 0 radical (unpaired) electrons. The third kappa shape index (κ3) is 4.32. The molecule has 0 aromatic carbocycles. The molecule has 8 heteroatoms. The van der Waals surface area contributed by atoms with Crippen LogP contribution in [0.2, 0.25) is 0 Å². The molecule has 1 saturated heterocycles. The fourth-order valence-electron chi connectivity index (χ4n) is 3.38. The van der Waals surface area contributed by atoms with Crippen LogP contribution in [0.1, 0.15) is 49.0 Å². The Morgan fingerprint density at radius 2 is 1.93 bits per heavy atom. The number of amides is 2. The van der Waals surface area contributed by atoms with E-state index in [2.05, 4.69) is 20.4 Å². The molecule has 1 aliphatic heterocycles. The molecule has 2 aromatic heterocycles. The summed E-state index contributed by atoms with van der Waals surface area (Å²) in [6.07, 6.45) is 4.41. The number of aromatic nitrogens is 4. The number of pyridine rings is 1. The topological polar surface area (TPSA) is 93.0 Å². The van der Waals surface area contributed by atoms with Crippen molar-refractivity contribution >= 4 is 11.8 Å². The van der Waals surface area contributed by atoms with E-state index in [1.165, 1.54) is 6.33 Å². The second-order valence-corrected chi connectivity index (χ2v) is 7.25. The first kappa shape index (κ1) is 19.0. The highest BCUT2D eigenvalue weighted by Crippen LogP contribution is 2.23. The van der Waals surface area contributed by atoms with Gasteiger partial charge >= 0.3 is 0 Å². The van der Waals surface area contributed by atoms with Crippen LogP contribution in [0, 0.1) is 11.8 Å². The number of aryl methyl sites for hydroxylation is 1. The number of likely N-dealkylation sites (tertiary alicyclic amines) is 1. The molecule has 0 bridgehead atoms. The molecule has 1 N–H and O–H groups in total. The summed E-state index contributed by atoms with van der Waals surface area (Å²) in [5.41, 5.74) is 0.447. The first-order valence-corrected chi connectivity index (χ1v) is 9.32. The van der Waals surface area contributed by atoms with Gasteiger partial charge in [0.05, 0.1) is 6.04 Å². The number of nitrogens with one attached hydrogen (secondary N) is 1. The van der Waals surface area contributed by atoms with Crippen LogP contribution in [0.4, 0.5) is 0 Å². The summed E-state index contributed by atoms with van der Waals surface area (Å²) in [7, 11) is 1.82. The Morgan fingerprint density at radius 3 is 2.48 bits per heavy atom. The van der Waals surface area contributed by atoms with Gasteiger partial charge in [-0.15, -0.1) is 0 Å². The summed E-state index contributed by atoms with van der Waals surface area (Å²) >= 11 is 0. The van der Waals surface area contributed by atoms with Gasteiger partial charge in [0.15, 0.2) is 0 Å². The average molecular weight is 370 g/mol. The van der Waals surface area contributed by atoms with Crippen molar-refractivity contribution in [2.24, 2.45) is 18.9 Å². The minimum atomic E-state index is -0.182. The number of hydrogen-bond acceptors (Lipinski definition) is 5. The van der Waals surface area contributed by atoms with E-state index in [1.54, 1.807) is 34.0 Å². The van der Waals surface area contributed by atoms with Gasteiger partial charge in [0.25, 0.3) is 5.91 Å². The minimum Gasteiger partial charge on any atom is -0.346 e. The molecule has 3 rings (SSSR count). The van der Waals surface area contributed by atoms with Gasteiger partial charge in [-0.1, -0.05) is 19.9 Å². The zero-order valence-corrected chi connectivity index (χ0v) is 16.0. The highest BCUT2D eigenvalue weighted by Gasteiger charge is 2.31. The molecule has 1 fully saturated rings. The molecule has 2 aromatic rings. The van der Waals surface area contributed by atoms with E-state index in [1.807, 2.05) is 20.9 Å². The van der Waals surface area contributed by atoms with Crippen LogP contribution in [0.15, 0.2) is 30.7 Å². The largest absolute Gasteiger partial charge is 0.346 e. The quantitative estimate of drug-likeness (QED) is 0.862. The fraction of sp³-hybridized carbons (Fsp3) is 0.526. The lowest BCUT2D eigenvalue weighted by Gasteiger charge is -2.32. The third-order valence-corrected chi connectivity index (χ3v) is 5.03. The highest BCUT2D eigenvalue weighted by atomic mass is 16.2. The van der Waals surface area contributed by atoms with Crippen LogP contribution in [-0.2, 0) is 11.8 Å². The predicted molar refractivity (Wildman–Crippen MR) is 99.6 cm³/mol. The first-order chi connectivity index (χ1) is 13.0. The van der Waals surface area contributed by atoms with E-state index < -0.39 is 0 Å². The number of carbonyl (C=O) groups is 2. The number of hydrogen-bond donors (Lipinski definition) is 1. The van der Waals surface area contributed by atoms with Crippen LogP contribution in [-0.4, -0.2) is 49.6 Å². The summed E-state index contributed by atoms with van der Waals surface area (Å²) in [5.74, 6) is 0.784. The van der Waals surface area contributed by atoms with E-state index in [9.17, 15) is 9.59 Å². The number of carbonyl (C=O) groups excluding carboxylic acids is 2. The Kier molecular flexibility index (Phi) is 5.83. The van der Waals surface area contributed by atoms with Gasteiger partial charge < -0.3 is 10.2 Å². The van der Waals surface area contributed by atoms with Crippen LogP contribution in [0.3, 0.4) is 0 Å². The molecule has 27 heavy (non-hydrogen) atoms. The Bertz CT molecular complexity index is 781. The van der Waals surface area contributed by atoms with Crippen molar-refractivity contribution < 1.29 is 9.59 Å². The number of piperidine rings is 1. The maximum atomic E-state index is 12.8. The van der Waals surface area contributed by atoms with E-state index in [0.29, 0.717) is 31.6 Å². The fourth-order valence-corrected chi connectivity index (χ4v) is 3.38. The molecule has 8 nitrogen and oxygen atoms in total. The van der Waals surface area contributed by atoms with Crippen molar-refractivity contribution in [3.8, 4) is 0 Å². The molecule has 0 unspecified atom stereocenters. The van der Waals surface area contributed by atoms with Crippen molar-refractivity contribution in [2.45, 2.75) is 32.7 Å². The zero-order chi connectivity index (χ0) is 19.4. The second-order valence-electron chi connectivity index (χ2n) is 7.25. The standard InChI is InChI=1S/C19H26N6O2/c1-13(2)16(17-21-12-22-24(17)3)23-18(26)14-7-10-25(11-8-14)19(27)15-6-4-5-9-20-15/h4-6,9,12-14,16H,7-8,10-11H2,1-3H3,(H,23,26)/t16-/m1/s1. The SMILES string of the molecule is CC(C)[C@@H](NC(=O)C1CCN(C(=O)c2ccccn2)CC1)c1ncnn1C. The Morgan fingerprint density at radius 1 is 1.19 bits per heavy atom. The van der Waals surface area contributed by atoms with Gasteiger partial charge in [0.2, 0.25) is 5.91 Å². The number of nitrogens with zero attached hydrogens (tertiary/aromatic N) is 5. The average Bonchev–Trinajstić information content (AvgIpc) is 3.11. The highest BCUT2D eigenvalue weighted by molar-refractivity contribution is 5.92. The van der Waals surface area contributed by atoms with Gasteiger partial charge in [-0.2, -0.15) is 5.10 Å². The van der Waals surface area contributed by atoms with Gasteiger partial charge in [0.1, 0.15) is 17.8 Å². The lowest BCUT2D eigenvalue weighted by Crippen LogP contribution is -2.44. The Hall–Kier alpha value is -2.77. The van der Waals surface area contributed by atoms with E-state index in [4.69, 9.17) is 0 Å². The van der Waals surface area contributed by atoms with Gasteiger partial charge in [-0.05, 0) is 30.9 Å². The molecule has 0 spiro atoms. The lowest BCUT2D eigenvalue weighted by atomic mass is 9.94. The van der Waals surface area contributed by atoms with E-state index in [-0.39, 0.29) is 29.7 Å². The predicted octanol–water partition coefficient (Wildman–Crippen LogP) is 1.58. The molecule has 2 amide bonds. The van der Waals surface area contributed by atoms with Crippen molar-refractivity contribution in [2.75, 3.05) is 13.1 Å². The molecule has 0 saturated carbocycles. The normalized spacial score (nSPS) is 16.4. The van der Waals surface area contributed by atoms with Gasteiger partial charge in [0, 0.05) is 32.3 Å². The van der Waals surface area contributed by atoms with Crippen LogP contribution in [0.25, 0.3) is 0 Å². The Labute approximate surface area is 159 Å². The van der Waals surface area contributed by atoms with Crippen LogP contribution in [0.5, 0.6) is 0 Å². The lowest BCUT2D eigenvalue weighted by molar-refractivity contribution is -0.127. The smallest absolute Gasteiger partial charge is 0.272 e. The molecular formula is C19H26N6O2. The van der Waals surface area contributed by atoms with Crippen molar-refractivity contribution in [1.29, 1.82) is 0 Å². The molecule has 3 heterocycles. The van der Waals surface area contributed by atoms with Crippen molar-refractivity contribution in [1.82, 2.24) is 30.0 Å². The molecule has 144 valence electrons. The zero-order valence-electron chi connectivity index (χ0n) is 16.0.